The largest absolute Gasteiger partial charge is 0.398 e. The van der Waals surface area contributed by atoms with Gasteiger partial charge in [-0.15, -0.1) is 0 Å². The number of anilines is 2. The number of nitrogen functional groups attached to an aromatic ring is 2. The normalized spacial score (nSPS) is 11.3. The second-order valence-electron chi connectivity index (χ2n) is 5.01. The van der Waals surface area contributed by atoms with Crippen LogP contribution < -0.4 is 16.8 Å². The quantitative estimate of drug-likeness (QED) is 0.709. The van der Waals surface area contributed by atoms with Gasteiger partial charge >= 0.3 is 0 Å². The lowest BCUT2D eigenvalue weighted by Gasteiger charge is -2.18. The summed E-state index contributed by atoms with van der Waals surface area (Å²) in [6.45, 7) is 5.90. The van der Waals surface area contributed by atoms with Gasteiger partial charge in [-0.05, 0) is 17.7 Å². The molecule has 0 radical (unpaired) electrons. The third-order valence-corrected chi connectivity index (χ3v) is 2.71. The Morgan fingerprint density at radius 2 is 1.88 bits per heavy atom. The molecule has 0 aliphatic rings. The molecule has 1 rings (SSSR count). The van der Waals surface area contributed by atoms with Gasteiger partial charge in [0.1, 0.15) is 0 Å². The lowest BCUT2D eigenvalue weighted by molar-refractivity contribution is -0.128. The van der Waals surface area contributed by atoms with Crippen molar-refractivity contribution < 1.29 is 4.79 Å². The van der Waals surface area contributed by atoms with Crippen LogP contribution in [0.15, 0.2) is 12.1 Å². The highest BCUT2D eigenvalue weighted by molar-refractivity contribution is 6.33. The molecule has 94 valence electrons. The van der Waals surface area contributed by atoms with Crippen LogP contribution in [0.3, 0.4) is 0 Å². The maximum Gasteiger partial charge on any atom is 0.225 e. The molecule has 0 atom stereocenters. The van der Waals surface area contributed by atoms with E-state index in [1.54, 1.807) is 12.1 Å². The highest BCUT2D eigenvalue weighted by atomic mass is 35.5. The Balaban J connectivity index is 2.77. The fourth-order valence-electron chi connectivity index (χ4n) is 1.25. The van der Waals surface area contributed by atoms with Crippen LogP contribution in [0, 0.1) is 5.41 Å². The predicted octanol–water partition coefficient (Wildman–Crippen LogP) is 2.17. The SMILES string of the molecule is CC(C)(C)C(=O)NCc1cc(N)c(Cl)cc1N. The van der Waals surface area contributed by atoms with Crippen molar-refractivity contribution >= 4 is 28.9 Å². The summed E-state index contributed by atoms with van der Waals surface area (Å²) >= 11 is 5.83. The first kappa shape index (κ1) is 13.6. The summed E-state index contributed by atoms with van der Waals surface area (Å²) < 4.78 is 0. The van der Waals surface area contributed by atoms with E-state index in [0.717, 1.165) is 5.56 Å². The number of carbonyl (C=O) groups excluding carboxylic acids is 1. The standard InChI is InChI=1S/C12H18ClN3O/c1-12(2,3)11(17)16-6-7-4-10(15)8(13)5-9(7)14/h4-5H,6,14-15H2,1-3H3,(H,16,17). The highest BCUT2D eigenvalue weighted by Gasteiger charge is 2.20. The lowest BCUT2D eigenvalue weighted by Crippen LogP contribution is -2.34. The Labute approximate surface area is 106 Å². The smallest absolute Gasteiger partial charge is 0.225 e. The minimum absolute atomic E-state index is 0.0366. The van der Waals surface area contributed by atoms with Gasteiger partial charge in [0.2, 0.25) is 5.91 Å². The molecule has 0 bridgehead atoms. The van der Waals surface area contributed by atoms with Crippen LogP contribution in [-0.2, 0) is 11.3 Å². The van der Waals surface area contributed by atoms with Crippen LogP contribution in [0.2, 0.25) is 5.02 Å². The Hall–Kier alpha value is -1.42. The summed E-state index contributed by atoms with van der Waals surface area (Å²) in [5, 5.41) is 3.23. The minimum Gasteiger partial charge on any atom is -0.398 e. The van der Waals surface area contributed by atoms with Gasteiger partial charge in [0.05, 0.1) is 10.7 Å². The minimum atomic E-state index is -0.424. The summed E-state index contributed by atoms with van der Waals surface area (Å²) in [6.07, 6.45) is 0. The van der Waals surface area contributed by atoms with Crippen molar-refractivity contribution in [3.05, 3.63) is 22.7 Å². The van der Waals surface area contributed by atoms with E-state index in [4.69, 9.17) is 23.1 Å². The van der Waals surface area contributed by atoms with E-state index in [1.165, 1.54) is 0 Å². The number of nitrogens with one attached hydrogen (secondary N) is 1. The molecule has 5 heteroatoms. The Bertz CT molecular complexity index is 438. The number of rotatable bonds is 2. The molecule has 5 N–H and O–H groups in total. The Kier molecular flexibility index (Phi) is 3.88. The van der Waals surface area contributed by atoms with E-state index in [-0.39, 0.29) is 5.91 Å². The third-order valence-electron chi connectivity index (χ3n) is 2.38. The molecular weight excluding hydrogens is 238 g/mol. The molecule has 0 aromatic heterocycles. The van der Waals surface area contributed by atoms with Crippen LogP contribution in [0.5, 0.6) is 0 Å². The second kappa shape index (κ2) is 4.84. The molecule has 0 saturated heterocycles. The van der Waals surface area contributed by atoms with Crippen LogP contribution in [-0.4, -0.2) is 5.91 Å². The van der Waals surface area contributed by atoms with E-state index < -0.39 is 5.41 Å². The van der Waals surface area contributed by atoms with Crippen molar-refractivity contribution in [1.29, 1.82) is 0 Å². The van der Waals surface area contributed by atoms with Crippen molar-refractivity contribution in [3.8, 4) is 0 Å². The van der Waals surface area contributed by atoms with Gasteiger partial charge in [-0.1, -0.05) is 32.4 Å². The number of hydrogen-bond donors (Lipinski definition) is 3. The molecule has 0 spiro atoms. The van der Waals surface area contributed by atoms with Gasteiger partial charge in [-0.25, -0.2) is 0 Å². The van der Waals surface area contributed by atoms with Crippen LogP contribution in [0.25, 0.3) is 0 Å². The van der Waals surface area contributed by atoms with Crippen LogP contribution in [0.1, 0.15) is 26.3 Å². The molecule has 1 aromatic rings. The maximum absolute atomic E-state index is 11.7. The monoisotopic (exact) mass is 255 g/mol. The number of halogens is 1. The number of hydrogen-bond acceptors (Lipinski definition) is 3. The van der Waals surface area contributed by atoms with Crippen LogP contribution >= 0.6 is 11.6 Å². The van der Waals surface area contributed by atoms with Crippen molar-refractivity contribution in [3.63, 3.8) is 0 Å². The van der Waals surface area contributed by atoms with Crippen molar-refractivity contribution in [1.82, 2.24) is 5.32 Å². The van der Waals surface area contributed by atoms with Crippen molar-refractivity contribution in [2.24, 2.45) is 5.41 Å². The summed E-state index contributed by atoms with van der Waals surface area (Å²) in [6, 6.07) is 3.27. The molecule has 0 unspecified atom stereocenters. The van der Waals surface area contributed by atoms with E-state index >= 15 is 0 Å². The Morgan fingerprint density at radius 1 is 1.29 bits per heavy atom. The van der Waals surface area contributed by atoms with Gasteiger partial charge in [-0.3, -0.25) is 4.79 Å². The van der Waals surface area contributed by atoms with E-state index in [2.05, 4.69) is 5.32 Å². The zero-order valence-electron chi connectivity index (χ0n) is 10.3. The average Bonchev–Trinajstić information content (AvgIpc) is 2.19. The van der Waals surface area contributed by atoms with E-state index in [9.17, 15) is 4.79 Å². The molecule has 1 aromatic carbocycles. The zero-order chi connectivity index (χ0) is 13.2. The first-order valence-electron chi connectivity index (χ1n) is 5.33. The summed E-state index contributed by atoms with van der Waals surface area (Å²) in [4.78, 5) is 11.7. The molecule has 17 heavy (non-hydrogen) atoms. The molecule has 4 nitrogen and oxygen atoms in total. The number of benzene rings is 1. The number of carbonyl (C=O) groups is 1. The molecule has 0 aliphatic heterocycles. The van der Waals surface area contributed by atoms with Gasteiger partial charge in [0.15, 0.2) is 0 Å². The molecule has 0 saturated carbocycles. The second-order valence-corrected chi connectivity index (χ2v) is 5.41. The van der Waals surface area contributed by atoms with Crippen molar-refractivity contribution in [2.45, 2.75) is 27.3 Å². The molecule has 0 aliphatic carbocycles. The summed E-state index contributed by atoms with van der Waals surface area (Å²) in [5.41, 5.74) is 12.8. The lowest BCUT2D eigenvalue weighted by atomic mass is 9.95. The van der Waals surface area contributed by atoms with Crippen LogP contribution in [0.4, 0.5) is 11.4 Å². The van der Waals surface area contributed by atoms with E-state index in [0.29, 0.717) is 22.9 Å². The zero-order valence-corrected chi connectivity index (χ0v) is 11.1. The summed E-state index contributed by atoms with van der Waals surface area (Å²) in [5.74, 6) is -0.0366. The fraction of sp³-hybridized carbons (Fsp3) is 0.417. The number of amides is 1. The first-order chi connectivity index (χ1) is 7.71. The molecule has 0 heterocycles. The van der Waals surface area contributed by atoms with Gasteiger partial charge in [-0.2, -0.15) is 0 Å². The number of nitrogens with two attached hydrogens (primary N) is 2. The molecule has 1 amide bonds. The predicted molar refractivity (Wildman–Crippen MR) is 71.6 cm³/mol. The first-order valence-corrected chi connectivity index (χ1v) is 5.71. The van der Waals surface area contributed by atoms with E-state index in [1.807, 2.05) is 20.8 Å². The third kappa shape index (κ3) is 3.53. The molecule has 0 fully saturated rings. The topological polar surface area (TPSA) is 81.1 Å². The molecular formula is C12H18ClN3O. The fourth-order valence-corrected chi connectivity index (χ4v) is 1.42. The van der Waals surface area contributed by atoms with Gasteiger partial charge < -0.3 is 16.8 Å². The maximum atomic E-state index is 11.7. The van der Waals surface area contributed by atoms with Crippen molar-refractivity contribution in [2.75, 3.05) is 11.5 Å². The highest BCUT2D eigenvalue weighted by Crippen LogP contribution is 2.25. The van der Waals surface area contributed by atoms with Gasteiger partial charge in [0.25, 0.3) is 0 Å². The summed E-state index contributed by atoms with van der Waals surface area (Å²) in [7, 11) is 0. The average molecular weight is 256 g/mol. The van der Waals surface area contributed by atoms with Gasteiger partial charge in [0, 0.05) is 17.6 Å². The Morgan fingerprint density at radius 3 is 2.41 bits per heavy atom.